The molecule has 0 heterocycles. The summed E-state index contributed by atoms with van der Waals surface area (Å²) in [6.45, 7) is 0.840. The molecular formula is C12H18N2O2. The number of ether oxygens (including phenoxy) is 1. The first-order valence-corrected chi connectivity index (χ1v) is 5.16. The first-order valence-electron chi connectivity index (χ1n) is 5.16. The molecule has 0 aromatic heterocycles. The number of nitrogens with zero attached hydrogens (tertiary/aromatic N) is 1. The van der Waals surface area contributed by atoms with Crippen molar-refractivity contribution in [1.82, 2.24) is 4.90 Å². The summed E-state index contributed by atoms with van der Waals surface area (Å²) in [4.78, 5) is 13.0. The van der Waals surface area contributed by atoms with Crippen molar-refractivity contribution in [2.45, 2.75) is 6.61 Å². The van der Waals surface area contributed by atoms with Gasteiger partial charge in [0.25, 0.3) is 0 Å². The Morgan fingerprint density at radius 3 is 2.69 bits per heavy atom. The summed E-state index contributed by atoms with van der Waals surface area (Å²) >= 11 is 0. The molecule has 0 aliphatic carbocycles. The molecule has 0 radical (unpaired) electrons. The van der Waals surface area contributed by atoms with Crippen LogP contribution >= 0.6 is 0 Å². The standard InChI is InChI=1S/C12H18N2O2/c1-14(2)12(15)8-13-11-7-5-4-6-10(11)9-16-3/h4-7,13H,8-9H2,1-3H3. The van der Waals surface area contributed by atoms with Crippen LogP contribution in [0.25, 0.3) is 0 Å². The first kappa shape index (κ1) is 12.5. The minimum atomic E-state index is 0.0484. The van der Waals surface area contributed by atoms with Crippen molar-refractivity contribution in [2.75, 3.05) is 33.1 Å². The molecule has 1 aromatic carbocycles. The number of anilines is 1. The molecular weight excluding hydrogens is 204 g/mol. The van der Waals surface area contributed by atoms with E-state index in [4.69, 9.17) is 4.74 Å². The molecule has 0 unspecified atom stereocenters. The SMILES string of the molecule is COCc1ccccc1NCC(=O)N(C)C. The van der Waals surface area contributed by atoms with Crippen molar-refractivity contribution < 1.29 is 9.53 Å². The highest BCUT2D eigenvalue weighted by Gasteiger charge is 2.05. The summed E-state index contributed by atoms with van der Waals surface area (Å²) in [5.74, 6) is 0.0484. The van der Waals surface area contributed by atoms with Gasteiger partial charge in [-0.25, -0.2) is 0 Å². The van der Waals surface area contributed by atoms with Gasteiger partial charge in [-0.1, -0.05) is 18.2 Å². The van der Waals surface area contributed by atoms with Gasteiger partial charge < -0.3 is 15.0 Å². The van der Waals surface area contributed by atoms with Gasteiger partial charge in [0, 0.05) is 32.5 Å². The highest BCUT2D eigenvalue weighted by molar-refractivity contribution is 5.80. The van der Waals surface area contributed by atoms with Gasteiger partial charge in [0.1, 0.15) is 0 Å². The van der Waals surface area contributed by atoms with Gasteiger partial charge in [0.05, 0.1) is 13.2 Å². The normalized spacial score (nSPS) is 9.94. The molecule has 0 fully saturated rings. The quantitative estimate of drug-likeness (QED) is 0.817. The van der Waals surface area contributed by atoms with Gasteiger partial charge in [0.15, 0.2) is 0 Å². The van der Waals surface area contributed by atoms with E-state index in [-0.39, 0.29) is 5.91 Å². The van der Waals surface area contributed by atoms with Crippen LogP contribution in [0.1, 0.15) is 5.56 Å². The molecule has 16 heavy (non-hydrogen) atoms. The molecule has 0 saturated heterocycles. The molecule has 88 valence electrons. The highest BCUT2D eigenvalue weighted by atomic mass is 16.5. The minimum absolute atomic E-state index is 0.0484. The number of para-hydroxylation sites is 1. The predicted octanol–water partition coefficient (Wildman–Crippen LogP) is 1.33. The maximum atomic E-state index is 11.4. The number of amides is 1. The first-order chi connectivity index (χ1) is 7.65. The zero-order valence-corrected chi connectivity index (χ0v) is 9.99. The Kier molecular flexibility index (Phi) is 4.79. The second kappa shape index (κ2) is 6.12. The Labute approximate surface area is 96.2 Å². The lowest BCUT2D eigenvalue weighted by atomic mass is 10.2. The number of carbonyl (C=O) groups is 1. The summed E-state index contributed by atoms with van der Waals surface area (Å²) < 4.78 is 5.09. The monoisotopic (exact) mass is 222 g/mol. The lowest BCUT2D eigenvalue weighted by Gasteiger charge is -2.14. The van der Waals surface area contributed by atoms with Crippen LogP contribution in [0.2, 0.25) is 0 Å². The van der Waals surface area contributed by atoms with Gasteiger partial charge in [-0.2, -0.15) is 0 Å². The summed E-state index contributed by atoms with van der Waals surface area (Å²) in [6, 6.07) is 7.80. The van der Waals surface area contributed by atoms with Crippen LogP contribution in [-0.4, -0.2) is 38.6 Å². The van der Waals surface area contributed by atoms with Crippen molar-refractivity contribution in [3.8, 4) is 0 Å². The summed E-state index contributed by atoms with van der Waals surface area (Å²) in [5, 5.41) is 3.11. The van der Waals surface area contributed by atoms with E-state index < -0.39 is 0 Å². The number of hydrogen-bond donors (Lipinski definition) is 1. The summed E-state index contributed by atoms with van der Waals surface area (Å²) in [6.07, 6.45) is 0. The second-order valence-electron chi connectivity index (χ2n) is 3.73. The van der Waals surface area contributed by atoms with Gasteiger partial charge in [-0.3, -0.25) is 4.79 Å². The van der Waals surface area contributed by atoms with Crippen molar-refractivity contribution in [3.63, 3.8) is 0 Å². The van der Waals surface area contributed by atoms with E-state index in [1.165, 1.54) is 0 Å². The molecule has 1 N–H and O–H groups in total. The van der Waals surface area contributed by atoms with E-state index in [1.54, 1.807) is 26.1 Å². The molecule has 0 saturated carbocycles. The maximum absolute atomic E-state index is 11.4. The number of carbonyl (C=O) groups excluding carboxylic acids is 1. The van der Waals surface area contributed by atoms with E-state index in [1.807, 2.05) is 24.3 Å². The fourth-order valence-electron chi connectivity index (χ4n) is 1.30. The van der Waals surface area contributed by atoms with Crippen LogP contribution in [0.4, 0.5) is 5.69 Å². The van der Waals surface area contributed by atoms with Crippen LogP contribution in [-0.2, 0) is 16.1 Å². The van der Waals surface area contributed by atoms with Gasteiger partial charge >= 0.3 is 0 Å². The number of methoxy groups -OCH3 is 1. The van der Waals surface area contributed by atoms with Gasteiger partial charge in [0.2, 0.25) is 5.91 Å². The van der Waals surface area contributed by atoms with Crippen molar-refractivity contribution in [1.29, 1.82) is 0 Å². The number of likely N-dealkylation sites (N-methyl/N-ethyl adjacent to an activating group) is 1. The largest absolute Gasteiger partial charge is 0.380 e. The van der Waals surface area contributed by atoms with Crippen molar-refractivity contribution in [2.24, 2.45) is 0 Å². The van der Waals surface area contributed by atoms with Crippen LogP contribution in [0.3, 0.4) is 0 Å². The van der Waals surface area contributed by atoms with E-state index in [0.717, 1.165) is 11.3 Å². The van der Waals surface area contributed by atoms with Gasteiger partial charge in [-0.05, 0) is 6.07 Å². The Morgan fingerprint density at radius 2 is 2.06 bits per heavy atom. The number of hydrogen-bond acceptors (Lipinski definition) is 3. The predicted molar refractivity (Wildman–Crippen MR) is 64.3 cm³/mol. The molecule has 0 aliphatic rings. The molecule has 4 heteroatoms. The Hall–Kier alpha value is -1.55. The average Bonchev–Trinajstić information content (AvgIpc) is 2.27. The minimum Gasteiger partial charge on any atom is -0.380 e. The molecule has 0 spiro atoms. The lowest BCUT2D eigenvalue weighted by Crippen LogP contribution is -2.28. The molecule has 4 nitrogen and oxygen atoms in total. The Balaban J connectivity index is 2.62. The molecule has 1 amide bonds. The third kappa shape index (κ3) is 3.55. The van der Waals surface area contributed by atoms with Crippen LogP contribution in [0.15, 0.2) is 24.3 Å². The maximum Gasteiger partial charge on any atom is 0.241 e. The van der Waals surface area contributed by atoms with Crippen LogP contribution < -0.4 is 5.32 Å². The van der Waals surface area contributed by atoms with Crippen LogP contribution in [0, 0.1) is 0 Å². The van der Waals surface area contributed by atoms with Gasteiger partial charge in [-0.15, -0.1) is 0 Å². The fraction of sp³-hybridized carbons (Fsp3) is 0.417. The molecule has 0 aliphatic heterocycles. The topological polar surface area (TPSA) is 41.6 Å². The zero-order chi connectivity index (χ0) is 12.0. The van der Waals surface area contributed by atoms with Crippen molar-refractivity contribution in [3.05, 3.63) is 29.8 Å². The average molecular weight is 222 g/mol. The number of rotatable bonds is 5. The van der Waals surface area contributed by atoms with Crippen LogP contribution in [0.5, 0.6) is 0 Å². The molecule has 0 bridgehead atoms. The molecule has 1 aromatic rings. The lowest BCUT2D eigenvalue weighted by molar-refractivity contribution is -0.126. The second-order valence-corrected chi connectivity index (χ2v) is 3.73. The molecule has 1 rings (SSSR count). The number of benzene rings is 1. The van der Waals surface area contributed by atoms with E-state index >= 15 is 0 Å². The zero-order valence-electron chi connectivity index (χ0n) is 9.99. The van der Waals surface area contributed by atoms with E-state index in [0.29, 0.717) is 13.2 Å². The molecule has 0 atom stereocenters. The fourth-order valence-corrected chi connectivity index (χ4v) is 1.30. The smallest absolute Gasteiger partial charge is 0.241 e. The number of nitrogens with one attached hydrogen (secondary N) is 1. The third-order valence-corrected chi connectivity index (χ3v) is 2.25. The Morgan fingerprint density at radius 1 is 1.38 bits per heavy atom. The van der Waals surface area contributed by atoms with E-state index in [9.17, 15) is 4.79 Å². The van der Waals surface area contributed by atoms with E-state index in [2.05, 4.69) is 5.32 Å². The summed E-state index contributed by atoms with van der Waals surface area (Å²) in [5.41, 5.74) is 2.00. The Bertz CT molecular complexity index is 351. The highest BCUT2D eigenvalue weighted by Crippen LogP contribution is 2.15. The van der Waals surface area contributed by atoms with Crippen molar-refractivity contribution >= 4 is 11.6 Å². The third-order valence-electron chi connectivity index (χ3n) is 2.25. The summed E-state index contributed by atoms with van der Waals surface area (Å²) in [7, 11) is 5.14.